The second kappa shape index (κ2) is 5.72. The number of ether oxygens (including phenoxy) is 1. The lowest BCUT2D eigenvalue weighted by atomic mass is 9.81. The largest absolute Gasteiger partial charge is 0.494 e. The third-order valence-corrected chi connectivity index (χ3v) is 4.99. The highest BCUT2D eigenvalue weighted by molar-refractivity contribution is 5.90. The molecule has 3 rings (SSSR count). The number of carboxylic acid groups (broad SMARTS) is 1. The summed E-state index contributed by atoms with van der Waals surface area (Å²) in [4.78, 5) is 25.6. The van der Waals surface area contributed by atoms with Gasteiger partial charge in [-0.25, -0.2) is 9.18 Å². The van der Waals surface area contributed by atoms with Crippen molar-refractivity contribution in [2.75, 3.05) is 25.5 Å². The summed E-state index contributed by atoms with van der Waals surface area (Å²) in [6.07, 6.45) is 2.34. The number of carbonyl (C=O) groups excluding carboxylic acids is 1. The number of halogens is 1. The van der Waals surface area contributed by atoms with E-state index < -0.39 is 17.2 Å². The molecule has 124 valence electrons. The van der Waals surface area contributed by atoms with Crippen molar-refractivity contribution in [2.45, 2.75) is 19.3 Å². The Labute approximate surface area is 133 Å². The van der Waals surface area contributed by atoms with Gasteiger partial charge in [0.25, 0.3) is 0 Å². The highest BCUT2D eigenvalue weighted by atomic mass is 19.1. The van der Waals surface area contributed by atoms with Crippen LogP contribution in [0.3, 0.4) is 0 Å². The number of fused-ring (bicyclic) bond motifs is 1. The van der Waals surface area contributed by atoms with Gasteiger partial charge < -0.3 is 20.1 Å². The lowest BCUT2D eigenvalue weighted by Gasteiger charge is -2.23. The number of carbonyl (C=O) groups is 2. The van der Waals surface area contributed by atoms with E-state index in [1.807, 2.05) is 0 Å². The number of benzene rings is 1. The lowest BCUT2D eigenvalue weighted by molar-refractivity contribution is -0.149. The molecular weight excluding hydrogens is 303 g/mol. The highest BCUT2D eigenvalue weighted by Crippen LogP contribution is 2.48. The number of nitrogens with one attached hydrogen (secondary N) is 1. The molecule has 2 amide bonds. The van der Waals surface area contributed by atoms with Crippen LogP contribution in [-0.4, -0.2) is 42.2 Å². The van der Waals surface area contributed by atoms with Crippen molar-refractivity contribution in [3.63, 3.8) is 0 Å². The fourth-order valence-electron chi connectivity index (χ4n) is 3.73. The first kappa shape index (κ1) is 15.6. The van der Waals surface area contributed by atoms with E-state index in [0.29, 0.717) is 18.7 Å². The molecule has 1 aromatic rings. The molecule has 1 aromatic carbocycles. The number of rotatable bonds is 3. The summed E-state index contributed by atoms with van der Waals surface area (Å²) in [5.41, 5.74) is -0.396. The standard InChI is InChI=1S/C16H19FN2O4/c1-23-13-7-11(4-5-12(13)17)18-15(22)19-8-10-3-2-6-16(10,9-19)14(20)21/h4-5,7,10H,2-3,6,8-9H2,1H3,(H,18,22)(H,20,21)/t10-,16+/m0/s1. The van der Waals surface area contributed by atoms with Crippen molar-refractivity contribution >= 4 is 17.7 Å². The Kier molecular flexibility index (Phi) is 3.87. The summed E-state index contributed by atoms with van der Waals surface area (Å²) < 4.78 is 18.3. The van der Waals surface area contributed by atoms with Crippen LogP contribution in [0, 0.1) is 17.2 Å². The van der Waals surface area contributed by atoms with Crippen LogP contribution in [0.2, 0.25) is 0 Å². The van der Waals surface area contributed by atoms with Crippen LogP contribution in [0.15, 0.2) is 18.2 Å². The third-order valence-electron chi connectivity index (χ3n) is 4.99. The molecule has 2 aliphatic rings. The van der Waals surface area contributed by atoms with Crippen LogP contribution in [0.25, 0.3) is 0 Å². The van der Waals surface area contributed by atoms with E-state index in [2.05, 4.69) is 5.32 Å². The molecule has 1 aliphatic carbocycles. The summed E-state index contributed by atoms with van der Waals surface area (Å²) >= 11 is 0. The number of hydrogen-bond acceptors (Lipinski definition) is 3. The van der Waals surface area contributed by atoms with Crippen LogP contribution in [0.4, 0.5) is 14.9 Å². The van der Waals surface area contributed by atoms with Gasteiger partial charge >= 0.3 is 12.0 Å². The Balaban J connectivity index is 1.72. The zero-order valence-corrected chi connectivity index (χ0v) is 12.8. The van der Waals surface area contributed by atoms with Crippen molar-refractivity contribution in [3.05, 3.63) is 24.0 Å². The molecular formula is C16H19FN2O4. The Morgan fingerprint density at radius 2 is 2.26 bits per heavy atom. The number of hydrogen-bond donors (Lipinski definition) is 2. The Morgan fingerprint density at radius 1 is 1.48 bits per heavy atom. The molecule has 2 N–H and O–H groups in total. The van der Waals surface area contributed by atoms with Gasteiger partial charge in [-0.2, -0.15) is 0 Å². The van der Waals surface area contributed by atoms with Crippen molar-refractivity contribution in [3.8, 4) is 5.75 Å². The predicted molar refractivity (Wildman–Crippen MR) is 81.0 cm³/mol. The highest BCUT2D eigenvalue weighted by Gasteiger charge is 2.55. The van der Waals surface area contributed by atoms with Crippen molar-refractivity contribution in [2.24, 2.45) is 11.3 Å². The summed E-state index contributed by atoms with van der Waals surface area (Å²) in [6, 6.07) is 3.69. The van der Waals surface area contributed by atoms with Crippen LogP contribution in [0.5, 0.6) is 5.75 Å². The van der Waals surface area contributed by atoms with E-state index >= 15 is 0 Å². The van der Waals surface area contributed by atoms with Crippen LogP contribution >= 0.6 is 0 Å². The first-order valence-electron chi connectivity index (χ1n) is 7.59. The molecule has 0 spiro atoms. The average Bonchev–Trinajstić information content (AvgIpc) is 3.07. The molecule has 2 fully saturated rings. The molecule has 7 heteroatoms. The van der Waals surface area contributed by atoms with Crippen LogP contribution in [0.1, 0.15) is 19.3 Å². The minimum atomic E-state index is -0.821. The van der Waals surface area contributed by atoms with E-state index in [1.54, 1.807) is 0 Å². The minimum absolute atomic E-state index is 0.00787. The monoisotopic (exact) mass is 322 g/mol. The number of nitrogens with zero attached hydrogens (tertiary/aromatic N) is 1. The summed E-state index contributed by atoms with van der Waals surface area (Å²) in [5.74, 6) is -1.28. The number of likely N-dealkylation sites (tertiary alicyclic amines) is 1. The normalized spacial score (nSPS) is 26.0. The predicted octanol–water partition coefficient (Wildman–Crippen LogP) is 2.55. The van der Waals surface area contributed by atoms with E-state index in [4.69, 9.17) is 4.74 Å². The smallest absolute Gasteiger partial charge is 0.321 e. The molecule has 0 radical (unpaired) electrons. The number of amides is 2. The van der Waals surface area contributed by atoms with Gasteiger partial charge in [-0.3, -0.25) is 4.79 Å². The summed E-state index contributed by atoms with van der Waals surface area (Å²) in [6.45, 7) is 0.660. The van der Waals surface area contributed by atoms with Gasteiger partial charge in [-0.1, -0.05) is 6.42 Å². The van der Waals surface area contributed by atoms with Crippen molar-refractivity contribution in [1.82, 2.24) is 4.90 Å². The fourth-order valence-corrected chi connectivity index (χ4v) is 3.73. The Morgan fingerprint density at radius 3 is 2.91 bits per heavy atom. The zero-order chi connectivity index (χ0) is 16.6. The molecule has 6 nitrogen and oxygen atoms in total. The van der Waals surface area contributed by atoms with Crippen molar-refractivity contribution < 1.29 is 23.8 Å². The van der Waals surface area contributed by atoms with Gasteiger partial charge in [-0.15, -0.1) is 0 Å². The fraction of sp³-hybridized carbons (Fsp3) is 0.500. The van der Waals surface area contributed by atoms with E-state index in [1.165, 1.54) is 30.2 Å². The molecule has 1 aliphatic heterocycles. The van der Waals surface area contributed by atoms with Gasteiger partial charge in [-0.05, 0) is 30.9 Å². The molecule has 1 heterocycles. The van der Waals surface area contributed by atoms with E-state index in [9.17, 15) is 19.1 Å². The second-order valence-electron chi connectivity index (χ2n) is 6.21. The Bertz CT molecular complexity index is 651. The van der Waals surface area contributed by atoms with Crippen LogP contribution in [-0.2, 0) is 4.79 Å². The number of urea groups is 1. The van der Waals surface area contributed by atoms with E-state index in [0.717, 1.165) is 12.8 Å². The average molecular weight is 322 g/mol. The minimum Gasteiger partial charge on any atom is -0.494 e. The maximum absolute atomic E-state index is 13.4. The quantitative estimate of drug-likeness (QED) is 0.896. The summed E-state index contributed by atoms with van der Waals surface area (Å²) in [5, 5.41) is 12.2. The van der Waals surface area contributed by atoms with Gasteiger partial charge in [0, 0.05) is 24.8 Å². The molecule has 1 saturated heterocycles. The van der Waals surface area contributed by atoms with E-state index in [-0.39, 0.29) is 24.2 Å². The third kappa shape index (κ3) is 2.60. The zero-order valence-electron chi connectivity index (χ0n) is 12.8. The second-order valence-corrected chi connectivity index (χ2v) is 6.21. The molecule has 2 atom stereocenters. The first-order valence-corrected chi connectivity index (χ1v) is 7.59. The van der Waals surface area contributed by atoms with Gasteiger partial charge in [0.15, 0.2) is 11.6 Å². The molecule has 0 aromatic heterocycles. The topological polar surface area (TPSA) is 78.9 Å². The number of anilines is 1. The molecule has 0 unspecified atom stereocenters. The van der Waals surface area contributed by atoms with Gasteiger partial charge in [0.2, 0.25) is 0 Å². The Hall–Kier alpha value is -2.31. The SMILES string of the molecule is COc1cc(NC(=O)N2C[C@@H]3CCC[C@@]3(C(=O)O)C2)ccc1F. The first-order chi connectivity index (χ1) is 11.0. The maximum Gasteiger partial charge on any atom is 0.321 e. The molecule has 1 saturated carbocycles. The van der Waals surface area contributed by atoms with Gasteiger partial charge in [0.05, 0.1) is 12.5 Å². The lowest BCUT2D eigenvalue weighted by Crippen LogP contribution is -2.38. The molecule has 23 heavy (non-hydrogen) atoms. The number of methoxy groups -OCH3 is 1. The van der Waals surface area contributed by atoms with Crippen LogP contribution < -0.4 is 10.1 Å². The number of aliphatic carboxylic acids is 1. The van der Waals surface area contributed by atoms with Crippen molar-refractivity contribution in [1.29, 1.82) is 0 Å². The molecule has 0 bridgehead atoms. The van der Waals surface area contributed by atoms with Gasteiger partial charge in [0.1, 0.15) is 0 Å². The number of carboxylic acids is 1. The summed E-state index contributed by atoms with van der Waals surface area (Å²) in [7, 11) is 1.35. The maximum atomic E-state index is 13.4.